The van der Waals surface area contributed by atoms with Crippen LogP contribution in [-0.4, -0.2) is 16.4 Å². The summed E-state index contributed by atoms with van der Waals surface area (Å²) in [4.78, 5) is 12.5. The summed E-state index contributed by atoms with van der Waals surface area (Å²) in [6.45, 7) is 5.97. The molecule has 1 amide bonds. The number of amides is 1. The highest BCUT2D eigenvalue weighted by Gasteiger charge is 2.25. The van der Waals surface area contributed by atoms with Crippen LogP contribution in [0.15, 0.2) is 40.9 Å². The lowest BCUT2D eigenvalue weighted by Crippen LogP contribution is -2.23. The molecule has 0 atom stereocenters. The summed E-state index contributed by atoms with van der Waals surface area (Å²) in [5.74, 6) is 0.198. The summed E-state index contributed by atoms with van der Waals surface area (Å²) in [6, 6.07) is 10.4. The molecule has 0 aliphatic rings. The Labute approximate surface area is 111 Å². The lowest BCUT2D eigenvalue weighted by Gasteiger charge is -2.15. The van der Waals surface area contributed by atoms with Crippen LogP contribution in [-0.2, 0) is 5.41 Å². The number of carboxylic acid groups (broad SMARTS) is 1. The molecule has 0 unspecified atom stereocenters. The number of hydrogen-bond donors (Lipinski definition) is 1. The first-order chi connectivity index (χ1) is 8.89. The SMILES string of the molecule is CC(C)(C)c1cc(N(C(=O)O)c2ccccc2)on1. The smallest absolute Gasteiger partial charge is 0.418 e. The fourth-order valence-electron chi connectivity index (χ4n) is 1.63. The number of nitrogens with zero attached hydrogens (tertiary/aromatic N) is 2. The molecule has 2 rings (SSSR count). The van der Waals surface area contributed by atoms with Gasteiger partial charge in [0, 0.05) is 11.5 Å². The van der Waals surface area contributed by atoms with Gasteiger partial charge in [0.1, 0.15) is 0 Å². The third-order valence-corrected chi connectivity index (χ3v) is 2.69. The Morgan fingerprint density at radius 3 is 2.37 bits per heavy atom. The molecule has 0 saturated heterocycles. The fraction of sp³-hybridized carbons (Fsp3) is 0.286. The van der Waals surface area contributed by atoms with E-state index in [0.717, 1.165) is 4.90 Å². The van der Waals surface area contributed by atoms with Crippen LogP contribution >= 0.6 is 0 Å². The highest BCUT2D eigenvalue weighted by Crippen LogP contribution is 2.30. The molecular weight excluding hydrogens is 244 g/mol. The minimum atomic E-state index is -1.11. The summed E-state index contributed by atoms with van der Waals surface area (Å²) in [5, 5.41) is 13.3. The van der Waals surface area contributed by atoms with Crippen LogP contribution in [0, 0.1) is 0 Å². The highest BCUT2D eigenvalue weighted by atomic mass is 16.5. The Morgan fingerprint density at radius 1 is 1.26 bits per heavy atom. The van der Waals surface area contributed by atoms with E-state index >= 15 is 0 Å². The maximum absolute atomic E-state index is 11.4. The summed E-state index contributed by atoms with van der Waals surface area (Å²) in [6.07, 6.45) is -1.11. The topological polar surface area (TPSA) is 66.6 Å². The van der Waals surface area contributed by atoms with Crippen LogP contribution in [0.25, 0.3) is 0 Å². The van der Waals surface area contributed by atoms with Crippen molar-refractivity contribution in [3.05, 3.63) is 42.1 Å². The second-order valence-electron chi connectivity index (χ2n) is 5.25. The van der Waals surface area contributed by atoms with Crippen molar-refractivity contribution in [2.45, 2.75) is 26.2 Å². The highest BCUT2D eigenvalue weighted by molar-refractivity contribution is 5.93. The van der Waals surface area contributed by atoms with E-state index in [1.165, 1.54) is 0 Å². The average Bonchev–Trinajstić information content (AvgIpc) is 2.79. The van der Waals surface area contributed by atoms with Crippen LogP contribution in [0.1, 0.15) is 26.5 Å². The molecule has 5 heteroatoms. The van der Waals surface area contributed by atoms with E-state index in [-0.39, 0.29) is 11.3 Å². The number of rotatable bonds is 2. The molecule has 5 nitrogen and oxygen atoms in total. The first-order valence-corrected chi connectivity index (χ1v) is 5.95. The minimum absolute atomic E-state index is 0.192. The predicted molar refractivity (Wildman–Crippen MR) is 71.8 cm³/mol. The van der Waals surface area contributed by atoms with Crippen LogP contribution in [0.4, 0.5) is 16.4 Å². The van der Waals surface area contributed by atoms with Gasteiger partial charge in [0.2, 0.25) is 5.88 Å². The largest absolute Gasteiger partial charge is 0.464 e. The average molecular weight is 260 g/mol. The maximum Gasteiger partial charge on any atom is 0.418 e. The Hall–Kier alpha value is -2.30. The number of carbonyl (C=O) groups is 1. The molecule has 0 bridgehead atoms. The molecule has 100 valence electrons. The van der Waals surface area contributed by atoms with Gasteiger partial charge in [-0.25, -0.2) is 9.69 Å². The van der Waals surface area contributed by atoms with Crippen LogP contribution in [0.5, 0.6) is 0 Å². The minimum Gasteiger partial charge on any atom is -0.464 e. The van der Waals surface area contributed by atoms with Crippen molar-refractivity contribution in [3.8, 4) is 0 Å². The van der Waals surface area contributed by atoms with Crippen LogP contribution < -0.4 is 4.90 Å². The normalized spacial score (nSPS) is 11.3. The van der Waals surface area contributed by atoms with Crippen molar-refractivity contribution in [2.75, 3.05) is 4.90 Å². The number of benzene rings is 1. The molecule has 2 aromatic rings. The molecule has 0 fully saturated rings. The third kappa shape index (κ3) is 2.76. The van der Waals surface area contributed by atoms with Gasteiger partial charge in [-0.3, -0.25) is 0 Å². The summed E-state index contributed by atoms with van der Waals surface area (Å²) in [5.41, 5.74) is 1.04. The number of para-hydroxylation sites is 1. The third-order valence-electron chi connectivity index (χ3n) is 2.69. The lowest BCUT2D eigenvalue weighted by atomic mass is 9.92. The van der Waals surface area contributed by atoms with E-state index in [4.69, 9.17) is 4.52 Å². The van der Waals surface area contributed by atoms with Crippen molar-refractivity contribution in [3.63, 3.8) is 0 Å². The molecule has 0 aliphatic carbocycles. The summed E-state index contributed by atoms with van der Waals surface area (Å²) < 4.78 is 5.16. The van der Waals surface area contributed by atoms with Crippen molar-refractivity contribution >= 4 is 17.7 Å². The van der Waals surface area contributed by atoms with Crippen LogP contribution in [0.2, 0.25) is 0 Å². The lowest BCUT2D eigenvalue weighted by molar-refractivity contribution is 0.203. The predicted octanol–water partition coefficient (Wildman–Crippen LogP) is 3.79. The Kier molecular flexibility index (Phi) is 3.29. The Morgan fingerprint density at radius 2 is 1.89 bits per heavy atom. The van der Waals surface area contributed by atoms with E-state index in [1.54, 1.807) is 30.3 Å². The number of hydrogen-bond acceptors (Lipinski definition) is 3. The van der Waals surface area contributed by atoms with Crippen molar-refractivity contribution in [1.82, 2.24) is 5.16 Å². The van der Waals surface area contributed by atoms with Crippen molar-refractivity contribution in [2.24, 2.45) is 0 Å². The van der Waals surface area contributed by atoms with Crippen LogP contribution in [0.3, 0.4) is 0 Å². The molecule has 1 aromatic heterocycles. The van der Waals surface area contributed by atoms with Gasteiger partial charge in [-0.1, -0.05) is 44.1 Å². The zero-order chi connectivity index (χ0) is 14.0. The van der Waals surface area contributed by atoms with E-state index in [1.807, 2.05) is 26.8 Å². The van der Waals surface area contributed by atoms with Gasteiger partial charge in [-0.2, -0.15) is 0 Å². The van der Waals surface area contributed by atoms with Gasteiger partial charge >= 0.3 is 6.09 Å². The molecule has 0 radical (unpaired) electrons. The molecule has 0 spiro atoms. The van der Waals surface area contributed by atoms with E-state index < -0.39 is 6.09 Å². The van der Waals surface area contributed by atoms with Gasteiger partial charge in [0.05, 0.1) is 11.4 Å². The monoisotopic (exact) mass is 260 g/mol. The van der Waals surface area contributed by atoms with Gasteiger partial charge in [0.25, 0.3) is 0 Å². The van der Waals surface area contributed by atoms with Gasteiger partial charge in [-0.15, -0.1) is 0 Å². The molecule has 0 saturated carbocycles. The molecular formula is C14H16N2O3. The van der Waals surface area contributed by atoms with Crippen molar-refractivity contribution in [1.29, 1.82) is 0 Å². The van der Waals surface area contributed by atoms with Gasteiger partial charge < -0.3 is 9.63 Å². The molecule has 19 heavy (non-hydrogen) atoms. The van der Waals surface area contributed by atoms with E-state index in [0.29, 0.717) is 11.4 Å². The number of aromatic nitrogens is 1. The van der Waals surface area contributed by atoms with E-state index in [9.17, 15) is 9.90 Å². The number of anilines is 2. The molecule has 1 aromatic carbocycles. The molecule has 1 heterocycles. The Bertz CT molecular complexity index is 570. The summed E-state index contributed by atoms with van der Waals surface area (Å²) in [7, 11) is 0. The second-order valence-corrected chi connectivity index (χ2v) is 5.25. The standard InChI is InChI=1S/C14H16N2O3/c1-14(2,3)11-9-12(19-15-11)16(13(17)18)10-7-5-4-6-8-10/h4-9H,1-3H3,(H,17,18). The summed E-state index contributed by atoms with van der Waals surface area (Å²) >= 11 is 0. The fourth-order valence-corrected chi connectivity index (χ4v) is 1.63. The molecule has 1 N–H and O–H groups in total. The molecule has 0 aliphatic heterocycles. The second kappa shape index (κ2) is 4.76. The first kappa shape index (κ1) is 13.1. The quantitative estimate of drug-likeness (QED) is 0.892. The zero-order valence-corrected chi connectivity index (χ0v) is 11.1. The van der Waals surface area contributed by atoms with Gasteiger partial charge in [0.15, 0.2) is 0 Å². The van der Waals surface area contributed by atoms with Crippen molar-refractivity contribution < 1.29 is 14.4 Å². The van der Waals surface area contributed by atoms with E-state index in [2.05, 4.69) is 5.16 Å². The maximum atomic E-state index is 11.4. The first-order valence-electron chi connectivity index (χ1n) is 5.95. The zero-order valence-electron chi connectivity index (χ0n) is 11.1. The Balaban J connectivity index is 2.41. The van der Waals surface area contributed by atoms with Gasteiger partial charge in [-0.05, 0) is 12.1 Å².